The third-order valence-electron chi connectivity index (χ3n) is 6.28. The lowest BCUT2D eigenvalue weighted by Crippen LogP contribution is -2.44. The number of benzene rings is 1. The number of rotatable bonds is 12. The second kappa shape index (κ2) is 13.0. The smallest absolute Gasteiger partial charge is 0.227 e. The van der Waals surface area contributed by atoms with E-state index in [9.17, 15) is 0 Å². The van der Waals surface area contributed by atoms with Gasteiger partial charge in [-0.15, -0.1) is 13.2 Å². The molecule has 1 aliphatic rings. The third kappa shape index (κ3) is 6.99. The third-order valence-corrected chi connectivity index (χ3v) is 6.28. The first-order valence-electron chi connectivity index (χ1n) is 12.6. The van der Waals surface area contributed by atoms with Crippen LogP contribution in [0.4, 0.5) is 17.3 Å². The van der Waals surface area contributed by atoms with Gasteiger partial charge in [-0.1, -0.05) is 12.2 Å². The van der Waals surface area contributed by atoms with Crippen LogP contribution in [0.2, 0.25) is 0 Å². The highest BCUT2D eigenvalue weighted by molar-refractivity contribution is 5.66. The zero-order valence-electron chi connectivity index (χ0n) is 21.2. The molecule has 4 rings (SSSR count). The lowest BCUT2D eigenvalue weighted by molar-refractivity contribution is 0.149. The number of aryl methyl sites for hydroxylation is 1. The Kier molecular flexibility index (Phi) is 9.19. The van der Waals surface area contributed by atoms with Gasteiger partial charge in [0.1, 0.15) is 0 Å². The van der Waals surface area contributed by atoms with E-state index in [2.05, 4.69) is 69.6 Å². The quantitative estimate of drug-likeness (QED) is 0.278. The highest BCUT2D eigenvalue weighted by Crippen LogP contribution is 2.28. The van der Waals surface area contributed by atoms with Crippen molar-refractivity contribution in [1.29, 1.82) is 0 Å². The molecular formula is C29H36N6O. The van der Waals surface area contributed by atoms with E-state index in [1.54, 1.807) is 12.3 Å². The fraction of sp³-hybridized carbons (Fsp3) is 0.345. The molecule has 1 saturated heterocycles. The summed E-state index contributed by atoms with van der Waals surface area (Å²) in [5.74, 6) is 0.558. The second-order valence-electron chi connectivity index (χ2n) is 9.04. The Balaban J connectivity index is 1.52. The van der Waals surface area contributed by atoms with Gasteiger partial charge in [0, 0.05) is 66.8 Å². The summed E-state index contributed by atoms with van der Waals surface area (Å²) in [4.78, 5) is 18.5. The van der Waals surface area contributed by atoms with Crippen LogP contribution in [0.5, 0.6) is 0 Å². The fourth-order valence-corrected chi connectivity index (χ4v) is 4.30. The predicted molar refractivity (Wildman–Crippen MR) is 148 cm³/mol. The van der Waals surface area contributed by atoms with Crippen LogP contribution in [0.25, 0.3) is 11.3 Å². The highest BCUT2D eigenvalue weighted by atomic mass is 16.5. The highest BCUT2D eigenvalue weighted by Gasteiger charge is 2.18. The summed E-state index contributed by atoms with van der Waals surface area (Å²) >= 11 is 0. The number of nitrogens with zero attached hydrogens (tertiary/aromatic N) is 5. The normalized spacial score (nSPS) is 14.0. The van der Waals surface area contributed by atoms with E-state index in [4.69, 9.17) is 9.72 Å². The largest absolute Gasteiger partial charge is 0.373 e. The van der Waals surface area contributed by atoms with Crippen molar-refractivity contribution in [3.63, 3.8) is 0 Å². The lowest BCUT2D eigenvalue weighted by atomic mass is 10.1. The van der Waals surface area contributed by atoms with E-state index in [1.165, 1.54) is 5.69 Å². The number of hydrogen-bond donors (Lipinski definition) is 1. The number of pyridine rings is 1. The molecule has 1 fully saturated rings. The molecule has 0 saturated carbocycles. The maximum atomic E-state index is 5.82. The number of piperazine rings is 1. The number of likely N-dealkylation sites (N-methyl/N-ethyl adjacent to an activating group) is 1. The SMILES string of the molecule is C=CCCCc1cc(-c2ccnc(Nc3ccc(N4CCN(C)CC4)c(COCC=C)c3)n2)ccn1. The molecular weight excluding hydrogens is 448 g/mol. The van der Waals surface area contributed by atoms with E-state index in [0.29, 0.717) is 19.2 Å². The summed E-state index contributed by atoms with van der Waals surface area (Å²) < 4.78 is 5.82. The molecule has 0 unspecified atom stereocenters. The Morgan fingerprint density at radius 1 is 1.00 bits per heavy atom. The average Bonchev–Trinajstić information content (AvgIpc) is 2.90. The number of ether oxygens (including phenoxy) is 1. The maximum Gasteiger partial charge on any atom is 0.227 e. The van der Waals surface area contributed by atoms with Crippen molar-refractivity contribution in [1.82, 2.24) is 19.9 Å². The first kappa shape index (κ1) is 25.5. The first-order chi connectivity index (χ1) is 17.7. The van der Waals surface area contributed by atoms with Crippen molar-refractivity contribution < 1.29 is 4.74 Å². The number of aromatic nitrogens is 3. The van der Waals surface area contributed by atoms with Crippen LogP contribution >= 0.6 is 0 Å². The standard InChI is InChI=1S/C29H36N6O/c1-4-6-7-8-25-20-23(11-13-30-25)27-12-14-31-29(33-27)32-26-9-10-28(24(21-26)22-36-19-5-2)35-17-15-34(3)16-18-35/h4-5,9-14,20-21H,1-2,6-8,15-19,22H2,3H3,(H,31,32,33). The molecule has 0 amide bonds. The van der Waals surface area contributed by atoms with Crippen LogP contribution in [0.3, 0.4) is 0 Å². The van der Waals surface area contributed by atoms with Crippen LogP contribution in [-0.2, 0) is 17.8 Å². The molecule has 0 spiro atoms. The zero-order chi connectivity index (χ0) is 25.2. The zero-order valence-corrected chi connectivity index (χ0v) is 21.2. The Bertz CT molecular complexity index is 1160. The number of allylic oxidation sites excluding steroid dienone is 1. The molecule has 36 heavy (non-hydrogen) atoms. The Morgan fingerprint density at radius 3 is 2.64 bits per heavy atom. The van der Waals surface area contributed by atoms with Crippen molar-refractivity contribution in [2.45, 2.75) is 25.9 Å². The molecule has 2 aromatic heterocycles. The molecule has 1 aliphatic heterocycles. The number of anilines is 3. The van der Waals surface area contributed by atoms with Gasteiger partial charge in [-0.3, -0.25) is 4.98 Å². The lowest BCUT2D eigenvalue weighted by Gasteiger charge is -2.35. The molecule has 0 aliphatic carbocycles. The molecule has 1 N–H and O–H groups in total. The molecule has 3 aromatic rings. The van der Waals surface area contributed by atoms with E-state index in [1.807, 2.05) is 24.4 Å². The molecule has 0 radical (unpaired) electrons. The number of unbranched alkanes of at least 4 members (excludes halogenated alkanes) is 1. The van der Waals surface area contributed by atoms with Crippen LogP contribution in [0.15, 0.2) is 74.1 Å². The summed E-state index contributed by atoms with van der Waals surface area (Å²) in [5.41, 5.74) is 6.25. The molecule has 0 atom stereocenters. The number of nitrogens with one attached hydrogen (secondary N) is 1. The van der Waals surface area contributed by atoms with Gasteiger partial charge in [0.05, 0.1) is 18.9 Å². The fourth-order valence-electron chi connectivity index (χ4n) is 4.30. The van der Waals surface area contributed by atoms with Gasteiger partial charge in [0.2, 0.25) is 5.95 Å². The van der Waals surface area contributed by atoms with Crippen LogP contribution < -0.4 is 10.2 Å². The predicted octanol–water partition coefficient (Wildman–Crippen LogP) is 5.25. The number of hydrogen-bond acceptors (Lipinski definition) is 7. The summed E-state index contributed by atoms with van der Waals surface area (Å²) in [6, 6.07) is 12.4. The summed E-state index contributed by atoms with van der Waals surface area (Å²) in [7, 11) is 2.17. The van der Waals surface area contributed by atoms with Crippen LogP contribution in [-0.4, -0.2) is 59.7 Å². The van der Waals surface area contributed by atoms with Crippen molar-refractivity contribution in [2.75, 3.05) is 50.1 Å². The summed E-state index contributed by atoms with van der Waals surface area (Å²) in [6.07, 6.45) is 10.3. The molecule has 7 heteroatoms. The Morgan fingerprint density at radius 2 is 1.83 bits per heavy atom. The maximum absolute atomic E-state index is 5.82. The van der Waals surface area contributed by atoms with Crippen molar-refractivity contribution in [3.05, 3.63) is 85.4 Å². The van der Waals surface area contributed by atoms with E-state index < -0.39 is 0 Å². The van der Waals surface area contributed by atoms with E-state index >= 15 is 0 Å². The van der Waals surface area contributed by atoms with Crippen molar-refractivity contribution in [3.8, 4) is 11.3 Å². The summed E-state index contributed by atoms with van der Waals surface area (Å²) in [5, 5.41) is 3.39. The minimum absolute atomic E-state index is 0.520. The van der Waals surface area contributed by atoms with Crippen molar-refractivity contribution >= 4 is 17.3 Å². The Hall–Kier alpha value is -3.55. The molecule has 1 aromatic carbocycles. The van der Waals surface area contributed by atoms with Gasteiger partial charge >= 0.3 is 0 Å². The van der Waals surface area contributed by atoms with Gasteiger partial charge in [-0.2, -0.15) is 0 Å². The first-order valence-corrected chi connectivity index (χ1v) is 12.6. The van der Waals surface area contributed by atoms with Gasteiger partial charge in [0.15, 0.2) is 0 Å². The van der Waals surface area contributed by atoms with Crippen LogP contribution in [0, 0.1) is 0 Å². The van der Waals surface area contributed by atoms with Gasteiger partial charge < -0.3 is 19.9 Å². The summed E-state index contributed by atoms with van der Waals surface area (Å²) in [6.45, 7) is 12.7. The molecule has 7 nitrogen and oxygen atoms in total. The van der Waals surface area contributed by atoms with Crippen molar-refractivity contribution in [2.24, 2.45) is 0 Å². The van der Waals surface area contributed by atoms with Crippen LogP contribution in [0.1, 0.15) is 24.1 Å². The minimum atomic E-state index is 0.520. The second-order valence-corrected chi connectivity index (χ2v) is 9.04. The monoisotopic (exact) mass is 484 g/mol. The molecule has 3 heterocycles. The topological polar surface area (TPSA) is 66.4 Å². The van der Waals surface area contributed by atoms with Gasteiger partial charge in [-0.25, -0.2) is 9.97 Å². The van der Waals surface area contributed by atoms with Gasteiger partial charge in [-0.05, 0) is 62.7 Å². The van der Waals surface area contributed by atoms with E-state index in [0.717, 1.165) is 73.6 Å². The average molecular weight is 485 g/mol. The van der Waals surface area contributed by atoms with E-state index in [-0.39, 0.29) is 0 Å². The molecule has 188 valence electrons. The molecule has 0 bridgehead atoms. The minimum Gasteiger partial charge on any atom is -0.373 e. The van der Waals surface area contributed by atoms with Gasteiger partial charge in [0.25, 0.3) is 0 Å². The Labute approximate surface area is 214 Å².